The molecule has 1 N–H and O–H groups in total. The first-order chi connectivity index (χ1) is 8.56. The standard InChI is InChI=1S/C14H19NO2S/c1-10-3-4-13(7-11(10)2)18-6-5-14(17)15-8-12(16)9-15/h3-4,7,12,16H,5-6,8-9H2,1-2H3. The normalized spacial score (nSPS) is 15.6. The summed E-state index contributed by atoms with van der Waals surface area (Å²) in [7, 11) is 0. The van der Waals surface area contributed by atoms with Crippen molar-refractivity contribution in [2.24, 2.45) is 0 Å². The van der Waals surface area contributed by atoms with Crippen molar-refractivity contribution in [1.82, 2.24) is 4.90 Å². The van der Waals surface area contributed by atoms with Crippen molar-refractivity contribution in [1.29, 1.82) is 0 Å². The number of aliphatic hydroxyl groups excluding tert-OH is 1. The summed E-state index contributed by atoms with van der Waals surface area (Å²) in [5.74, 6) is 0.949. The minimum Gasteiger partial charge on any atom is -0.389 e. The average Bonchev–Trinajstić information content (AvgIpc) is 2.29. The van der Waals surface area contributed by atoms with E-state index in [9.17, 15) is 4.79 Å². The number of aliphatic hydroxyl groups is 1. The number of hydrogen-bond donors (Lipinski definition) is 1. The topological polar surface area (TPSA) is 40.5 Å². The molecule has 0 aromatic heterocycles. The number of likely N-dealkylation sites (tertiary alicyclic amines) is 1. The van der Waals surface area contributed by atoms with Gasteiger partial charge >= 0.3 is 0 Å². The van der Waals surface area contributed by atoms with Crippen LogP contribution < -0.4 is 0 Å². The Bertz CT molecular complexity index is 441. The first-order valence-corrected chi connectivity index (χ1v) is 7.20. The molecular formula is C14H19NO2S. The number of carbonyl (C=O) groups is 1. The van der Waals surface area contributed by atoms with Crippen LogP contribution in [0.3, 0.4) is 0 Å². The smallest absolute Gasteiger partial charge is 0.223 e. The highest BCUT2D eigenvalue weighted by Crippen LogP contribution is 2.22. The van der Waals surface area contributed by atoms with Gasteiger partial charge in [0, 0.05) is 30.2 Å². The summed E-state index contributed by atoms with van der Waals surface area (Å²) in [6.07, 6.45) is 0.242. The van der Waals surface area contributed by atoms with E-state index in [0.717, 1.165) is 5.75 Å². The van der Waals surface area contributed by atoms with Gasteiger partial charge in [-0.15, -0.1) is 11.8 Å². The van der Waals surface area contributed by atoms with Gasteiger partial charge in [-0.25, -0.2) is 0 Å². The van der Waals surface area contributed by atoms with Crippen LogP contribution in [0.1, 0.15) is 17.5 Å². The Morgan fingerprint density at radius 3 is 2.72 bits per heavy atom. The molecule has 0 atom stereocenters. The van der Waals surface area contributed by atoms with Crippen molar-refractivity contribution in [2.75, 3.05) is 18.8 Å². The molecule has 0 saturated carbocycles. The number of rotatable bonds is 4. The molecule has 1 aliphatic heterocycles. The van der Waals surface area contributed by atoms with Crippen LogP contribution in [0.2, 0.25) is 0 Å². The Morgan fingerprint density at radius 1 is 1.39 bits per heavy atom. The molecule has 1 saturated heterocycles. The van der Waals surface area contributed by atoms with Crippen LogP contribution in [0, 0.1) is 13.8 Å². The van der Waals surface area contributed by atoms with E-state index in [2.05, 4.69) is 32.0 Å². The molecule has 1 heterocycles. The number of β-amino-alcohol motifs (C(OH)–C–C–N with tert-alkyl or cyclic N) is 1. The molecule has 0 bridgehead atoms. The van der Waals surface area contributed by atoms with Crippen LogP contribution in [0.15, 0.2) is 23.1 Å². The summed E-state index contributed by atoms with van der Waals surface area (Å²) in [5, 5.41) is 9.13. The number of aryl methyl sites for hydroxylation is 2. The van der Waals surface area contributed by atoms with Gasteiger partial charge in [0.2, 0.25) is 5.91 Å². The van der Waals surface area contributed by atoms with Gasteiger partial charge in [0.1, 0.15) is 0 Å². The largest absolute Gasteiger partial charge is 0.389 e. The van der Waals surface area contributed by atoms with Crippen molar-refractivity contribution >= 4 is 17.7 Å². The van der Waals surface area contributed by atoms with Gasteiger partial charge in [-0.2, -0.15) is 0 Å². The highest BCUT2D eigenvalue weighted by atomic mass is 32.2. The number of benzene rings is 1. The highest BCUT2D eigenvalue weighted by Gasteiger charge is 2.27. The van der Waals surface area contributed by atoms with Gasteiger partial charge in [0.25, 0.3) is 0 Å². The molecule has 1 aromatic carbocycles. The zero-order chi connectivity index (χ0) is 13.1. The molecular weight excluding hydrogens is 246 g/mol. The van der Waals surface area contributed by atoms with E-state index in [1.165, 1.54) is 16.0 Å². The lowest BCUT2D eigenvalue weighted by atomic mass is 10.1. The lowest BCUT2D eigenvalue weighted by Gasteiger charge is -2.35. The lowest BCUT2D eigenvalue weighted by Crippen LogP contribution is -2.53. The predicted molar refractivity (Wildman–Crippen MR) is 73.8 cm³/mol. The SMILES string of the molecule is Cc1ccc(SCCC(=O)N2CC(O)C2)cc1C. The molecule has 0 unspecified atom stereocenters. The maximum Gasteiger partial charge on any atom is 0.223 e. The Balaban J connectivity index is 1.74. The molecule has 0 radical (unpaired) electrons. The van der Waals surface area contributed by atoms with E-state index in [0.29, 0.717) is 19.5 Å². The fraction of sp³-hybridized carbons (Fsp3) is 0.500. The fourth-order valence-electron chi connectivity index (χ4n) is 1.88. The quantitative estimate of drug-likeness (QED) is 0.846. The molecule has 1 aromatic rings. The molecule has 98 valence electrons. The minimum atomic E-state index is -0.304. The van der Waals surface area contributed by atoms with Crippen molar-refractivity contribution in [2.45, 2.75) is 31.3 Å². The molecule has 4 heteroatoms. The molecule has 18 heavy (non-hydrogen) atoms. The third-order valence-corrected chi connectivity index (χ3v) is 4.27. The van der Waals surface area contributed by atoms with Crippen molar-refractivity contribution in [3.63, 3.8) is 0 Å². The van der Waals surface area contributed by atoms with E-state index < -0.39 is 0 Å². The van der Waals surface area contributed by atoms with Gasteiger partial charge in [-0.1, -0.05) is 6.07 Å². The molecule has 1 aliphatic rings. The molecule has 1 fully saturated rings. The summed E-state index contributed by atoms with van der Waals surface area (Å²) in [5.41, 5.74) is 2.59. The number of hydrogen-bond acceptors (Lipinski definition) is 3. The van der Waals surface area contributed by atoms with Crippen molar-refractivity contribution < 1.29 is 9.90 Å². The van der Waals surface area contributed by atoms with Crippen LogP contribution in [0.4, 0.5) is 0 Å². The van der Waals surface area contributed by atoms with Crippen LogP contribution >= 0.6 is 11.8 Å². The Labute approximate surface area is 112 Å². The van der Waals surface area contributed by atoms with Crippen LogP contribution in [-0.2, 0) is 4.79 Å². The van der Waals surface area contributed by atoms with Crippen LogP contribution in [0.25, 0.3) is 0 Å². The average molecular weight is 265 g/mol. The van der Waals surface area contributed by atoms with E-state index in [1.807, 2.05) is 0 Å². The van der Waals surface area contributed by atoms with E-state index >= 15 is 0 Å². The summed E-state index contributed by atoms with van der Waals surface area (Å²) in [4.78, 5) is 14.6. The predicted octanol–water partition coefficient (Wildman–Crippen LogP) is 1.99. The highest BCUT2D eigenvalue weighted by molar-refractivity contribution is 7.99. The van der Waals surface area contributed by atoms with E-state index in [-0.39, 0.29) is 12.0 Å². The molecule has 1 amide bonds. The number of thioether (sulfide) groups is 1. The van der Waals surface area contributed by atoms with E-state index in [1.54, 1.807) is 16.7 Å². The second-order valence-corrected chi connectivity index (χ2v) is 5.97. The summed E-state index contributed by atoms with van der Waals surface area (Å²) in [6.45, 7) is 5.22. The Hall–Kier alpha value is -1.00. The van der Waals surface area contributed by atoms with Gasteiger partial charge in [-0.3, -0.25) is 4.79 Å². The Morgan fingerprint density at radius 2 is 2.11 bits per heavy atom. The van der Waals surface area contributed by atoms with Crippen molar-refractivity contribution in [3.8, 4) is 0 Å². The number of nitrogens with zero attached hydrogens (tertiary/aromatic N) is 1. The second kappa shape index (κ2) is 5.76. The molecule has 3 nitrogen and oxygen atoms in total. The number of amides is 1. The van der Waals surface area contributed by atoms with Gasteiger partial charge in [-0.05, 0) is 37.1 Å². The molecule has 0 spiro atoms. The van der Waals surface area contributed by atoms with Gasteiger partial charge in [0.15, 0.2) is 0 Å². The monoisotopic (exact) mass is 265 g/mol. The first kappa shape index (κ1) is 13.4. The van der Waals surface area contributed by atoms with Crippen molar-refractivity contribution in [3.05, 3.63) is 29.3 Å². The summed E-state index contributed by atoms with van der Waals surface area (Å²) < 4.78 is 0. The minimum absolute atomic E-state index is 0.150. The van der Waals surface area contributed by atoms with Crippen LogP contribution in [-0.4, -0.2) is 40.9 Å². The third kappa shape index (κ3) is 3.27. The van der Waals surface area contributed by atoms with Gasteiger partial charge < -0.3 is 10.0 Å². The third-order valence-electron chi connectivity index (χ3n) is 3.28. The fourth-order valence-corrected chi connectivity index (χ4v) is 2.81. The Kier molecular flexibility index (Phi) is 4.30. The number of carbonyl (C=O) groups excluding carboxylic acids is 1. The molecule has 2 rings (SSSR count). The van der Waals surface area contributed by atoms with Crippen LogP contribution in [0.5, 0.6) is 0 Å². The first-order valence-electron chi connectivity index (χ1n) is 6.22. The summed E-state index contributed by atoms with van der Waals surface area (Å²) in [6, 6.07) is 6.38. The zero-order valence-corrected chi connectivity index (χ0v) is 11.7. The van der Waals surface area contributed by atoms with Gasteiger partial charge in [0.05, 0.1) is 6.10 Å². The second-order valence-electron chi connectivity index (χ2n) is 4.80. The maximum absolute atomic E-state index is 11.7. The maximum atomic E-state index is 11.7. The lowest BCUT2D eigenvalue weighted by molar-refractivity contribution is -0.140. The van der Waals surface area contributed by atoms with E-state index in [4.69, 9.17) is 5.11 Å². The summed E-state index contributed by atoms with van der Waals surface area (Å²) >= 11 is 1.71. The molecule has 0 aliphatic carbocycles. The zero-order valence-electron chi connectivity index (χ0n) is 10.8.